The van der Waals surface area contributed by atoms with Gasteiger partial charge in [-0.25, -0.2) is 4.79 Å². The summed E-state index contributed by atoms with van der Waals surface area (Å²) in [5.74, 6) is 0.0467. The predicted octanol–water partition coefficient (Wildman–Crippen LogP) is 2.55. The van der Waals surface area contributed by atoms with Crippen LogP contribution in [0.5, 0.6) is 11.5 Å². The monoisotopic (exact) mass is 297 g/mol. The van der Waals surface area contributed by atoms with Gasteiger partial charge in [0.1, 0.15) is 17.5 Å². The maximum Gasteiger partial charge on any atom is 0.334 e. The molecule has 0 amide bonds. The average molecular weight is 297 g/mol. The van der Waals surface area contributed by atoms with E-state index in [0.717, 1.165) is 11.3 Å². The maximum atomic E-state index is 12.1. The standard InChI is InChI=1S/C17H15NO4/c1-11(19)21-14-8-7-12-9-15(17(20)22-16(12)10-14)18-13-5-3-2-4-6-13/h2-8,10,15,18H,9H2,1H3. The summed E-state index contributed by atoms with van der Waals surface area (Å²) in [5.41, 5.74) is 1.76. The van der Waals surface area contributed by atoms with Crippen LogP contribution in [-0.2, 0) is 16.0 Å². The smallest absolute Gasteiger partial charge is 0.334 e. The highest BCUT2D eigenvalue weighted by Gasteiger charge is 2.28. The fourth-order valence-corrected chi connectivity index (χ4v) is 2.36. The van der Waals surface area contributed by atoms with E-state index in [9.17, 15) is 9.59 Å². The molecule has 3 rings (SSSR count). The normalized spacial score (nSPS) is 16.4. The summed E-state index contributed by atoms with van der Waals surface area (Å²) in [4.78, 5) is 23.1. The Bertz CT molecular complexity index is 712. The zero-order valence-corrected chi connectivity index (χ0v) is 12.0. The molecule has 0 spiro atoms. The van der Waals surface area contributed by atoms with Crippen molar-refractivity contribution in [2.75, 3.05) is 5.32 Å². The summed E-state index contributed by atoms with van der Waals surface area (Å²) in [5, 5.41) is 3.16. The van der Waals surface area contributed by atoms with E-state index >= 15 is 0 Å². The van der Waals surface area contributed by atoms with Gasteiger partial charge in [0, 0.05) is 25.1 Å². The lowest BCUT2D eigenvalue weighted by atomic mass is 10.0. The number of ether oxygens (including phenoxy) is 2. The summed E-state index contributed by atoms with van der Waals surface area (Å²) in [6, 6.07) is 14.1. The molecule has 2 aromatic rings. The minimum atomic E-state index is -0.436. The van der Waals surface area contributed by atoms with Crippen molar-refractivity contribution in [3.63, 3.8) is 0 Å². The zero-order chi connectivity index (χ0) is 15.5. The van der Waals surface area contributed by atoms with Gasteiger partial charge in [-0.15, -0.1) is 0 Å². The summed E-state index contributed by atoms with van der Waals surface area (Å²) in [6.45, 7) is 1.32. The third-order valence-corrected chi connectivity index (χ3v) is 3.33. The topological polar surface area (TPSA) is 64.6 Å². The van der Waals surface area contributed by atoms with Crippen LogP contribution in [0.4, 0.5) is 5.69 Å². The van der Waals surface area contributed by atoms with Gasteiger partial charge in [0.05, 0.1) is 0 Å². The van der Waals surface area contributed by atoms with Crippen LogP contribution in [0, 0.1) is 0 Å². The Morgan fingerprint density at radius 2 is 2.00 bits per heavy atom. The molecule has 1 aliphatic heterocycles. The van der Waals surface area contributed by atoms with Crippen molar-refractivity contribution in [3.8, 4) is 11.5 Å². The van der Waals surface area contributed by atoms with E-state index in [0.29, 0.717) is 17.9 Å². The van der Waals surface area contributed by atoms with E-state index in [-0.39, 0.29) is 5.97 Å². The van der Waals surface area contributed by atoms with Crippen LogP contribution in [0.3, 0.4) is 0 Å². The molecule has 0 bridgehead atoms. The maximum absolute atomic E-state index is 12.1. The molecule has 112 valence electrons. The molecule has 2 aromatic carbocycles. The van der Waals surface area contributed by atoms with Crippen LogP contribution in [-0.4, -0.2) is 18.0 Å². The highest BCUT2D eigenvalue weighted by atomic mass is 16.5. The molecule has 0 saturated carbocycles. The van der Waals surface area contributed by atoms with Crippen LogP contribution in [0.25, 0.3) is 0 Å². The molecule has 0 aliphatic carbocycles. The number of hydrogen-bond donors (Lipinski definition) is 1. The zero-order valence-electron chi connectivity index (χ0n) is 12.0. The molecule has 5 heteroatoms. The number of carbonyl (C=O) groups is 2. The third-order valence-electron chi connectivity index (χ3n) is 3.33. The minimum absolute atomic E-state index is 0.351. The Morgan fingerprint density at radius 1 is 1.23 bits per heavy atom. The van der Waals surface area contributed by atoms with Gasteiger partial charge in [-0.05, 0) is 23.8 Å². The molecule has 0 aromatic heterocycles. The molecule has 1 unspecified atom stereocenters. The molecule has 22 heavy (non-hydrogen) atoms. The highest BCUT2D eigenvalue weighted by Crippen LogP contribution is 2.30. The number of anilines is 1. The van der Waals surface area contributed by atoms with E-state index < -0.39 is 12.0 Å². The summed E-state index contributed by atoms with van der Waals surface area (Å²) in [7, 11) is 0. The SMILES string of the molecule is CC(=O)Oc1ccc2c(c1)OC(=O)C(Nc1ccccc1)C2. The highest BCUT2D eigenvalue weighted by molar-refractivity contribution is 5.84. The fourth-order valence-electron chi connectivity index (χ4n) is 2.36. The van der Waals surface area contributed by atoms with Crippen molar-refractivity contribution in [2.45, 2.75) is 19.4 Å². The first-order chi connectivity index (χ1) is 10.6. The second-order valence-corrected chi connectivity index (χ2v) is 5.05. The van der Waals surface area contributed by atoms with E-state index in [1.165, 1.54) is 6.92 Å². The Labute approximate surface area is 127 Å². The molecule has 0 radical (unpaired) electrons. The van der Waals surface area contributed by atoms with Crippen LogP contribution in [0.2, 0.25) is 0 Å². The number of carbonyl (C=O) groups excluding carboxylic acids is 2. The van der Waals surface area contributed by atoms with E-state index in [4.69, 9.17) is 9.47 Å². The minimum Gasteiger partial charge on any atom is -0.427 e. The molecule has 1 N–H and O–H groups in total. The summed E-state index contributed by atoms with van der Waals surface area (Å²) >= 11 is 0. The van der Waals surface area contributed by atoms with Gasteiger partial charge in [0.25, 0.3) is 0 Å². The van der Waals surface area contributed by atoms with Crippen molar-refractivity contribution in [3.05, 3.63) is 54.1 Å². The molecular weight excluding hydrogens is 282 g/mol. The molecule has 0 fully saturated rings. The first kappa shape index (κ1) is 14.1. The molecule has 5 nitrogen and oxygen atoms in total. The average Bonchev–Trinajstić information content (AvgIpc) is 2.49. The molecular formula is C17H15NO4. The molecule has 1 aliphatic rings. The van der Waals surface area contributed by atoms with Gasteiger partial charge in [-0.2, -0.15) is 0 Å². The van der Waals surface area contributed by atoms with E-state index in [2.05, 4.69) is 5.32 Å². The van der Waals surface area contributed by atoms with Crippen LogP contribution >= 0.6 is 0 Å². The quantitative estimate of drug-likeness (QED) is 0.696. The first-order valence-corrected chi connectivity index (χ1v) is 6.96. The van der Waals surface area contributed by atoms with Crippen molar-refractivity contribution >= 4 is 17.6 Å². The van der Waals surface area contributed by atoms with Gasteiger partial charge >= 0.3 is 11.9 Å². The summed E-state index contributed by atoms with van der Waals surface area (Å²) < 4.78 is 10.3. The van der Waals surface area contributed by atoms with E-state index in [1.54, 1.807) is 18.2 Å². The van der Waals surface area contributed by atoms with Gasteiger partial charge in [0.2, 0.25) is 0 Å². The van der Waals surface area contributed by atoms with Gasteiger partial charge < -0.3 is 14.8 Å². The third kappa shape index (κ3) is 3.09. The second-order valence-electron chi connectivity index (χ2n) is 5.05. The van der Waals surface area contributed by atoms with Crippen molar-refractivity contribution in [1.29, 1.82) is 0 Å². The fraction of sp³-hybridized carbons (Fsp3) is 0.176. The number of nitrogens with one attached hydrogen (secondary N) is 1. The van der Waals surface area contributed by atoms with Crippen molar-refractivity contribution in [2.24, 2.45) is 0 Å². The van der Waals surface area contributed by atoms with Crippen molar-refractivity contribution < 1.29 is 19.1 Å². The number of rotatable bonds is 3. The lowest BCUT2D eigenvalue weighted by molar-refractivity contribution is -0.136. The molecule has 1 atom stereocenters. The van der Waals surface area contributed by atoms with Gasteiger partial charge in [-0.3, -0.25) is 4.79 Å². The number of hydrogen-bond acceptors (Lipinski definition) is 5. The Kier molecular flexibility index (Phi) is 3.78. The Hall–Kier alpha value is -2.82. The molecule has 1 heterocycles. The first-order valence-electron chi connectivity index (χ1n) is 6.96. The van der Waals surface area contributed by atoms with Crippen LogP contribution in [0.1, 0.15) is 12.5 Å². The lowest BCUT2D eigenvalue weighted by Gasteiger charge is -2.25. The van der Waals surface area contributed by atoms with Crippen molar-refractivity contribution in [1.82, 2.24) is 0 Å². The van der Waals surface area contributed by atoms with Gasteiger partial charge in [0.15, 0.2) is 0 Å². The van der Waals surface area contributed by atoms with Crippen LogP contribution in [0.15, 0.2) is 48.5 Å². The lowest BCUT2D eigenvalue weighted by Crippen LogP contribution is -2.38. The molecule has 0 saturated heterocycles. The number of fused-ring (bicyclic) bond motifs is 1. The largest absolute Gasteiger partial charge is 0.427 e. The number of esters is 2. The second kappa shape index (κ2) is 5.89. The van der Waals surface area contributed by atoms with E-state index in [1.807, 2.05) is 30.3 Å². The van der Waals surface area contributed by atoms with Gasteiger partial charge in [-0.1, -0.05) is 24.3 Å². The number of para-hydroxylation sites is 1. The summed E-state index contributed by atoms with van der Waals surface area (Å²) in [6.07, 6.45) is 0.517. The number of benzene rings is 2. The Balaban J connectivity index is 1.78. The Morgan fingerprint density at radius 3 is 2.73 bits per heavy atom. The van der Waals surface area contributed by atoms with Crippen LogP contribution < -0.4 is 14.8 Å². The predicted molar refractivity (Wildman–Crippen MR) is 80.9 cm³/mol.